The van der Waals surface area contributed by atoms with Gasteiger partial charge >= 0.3 is 0 Å². The van der Waals surface area contributed by atoms with E-state index < -0.39 is 23.7 Å². The van der Waals surface area contributed by atoms with E-state index in [2.05, 4.69) is 15.3 Å². The van der Waals surface area contributed by atoms with Crippen molar-refractivity contribution in [2.45, 2.75) is 43.5 Å². The number of pyridine rings is 2. The summed E-state index contributed by atoms with van der Waals surface area (Å²) in [7, 11) is 0. The molecule has 0 radical (unpaired) electrons. The van der Waals surface area contributed by atoms with Crippen molar-refractivity contribution in [3.63, 3.8) is 0 Å². The molecule has 7 heteroatoms. The zero-order valence-electron chi connectivity index (χ0n) is 15.7. The van der Waals surface area contributed by atoms with Crippen LogP contribution in [0.1, 0.15) is 47.8 Å². The van der Waals surface area contributed by atoms with Gasteiger partial charge in [0.25, 0.3) is 5.91 Å². The Morgan fingerprint density at radius 3 is 2.66 bits per heavy atom. The quantitative estimate of drug-likeness (QED) is 0.622. The van der Waals surface area contributed by atoms with Gasteiger partial charge in [0.2, 0.25) is 0 Å². The third-order valence-electron chi connectivity index (χ3n) is 5.58. The minimum Gasteiger partial charge on any atom is -0.387 e. The highest BCUT2D eigenvalue weighted by atomic mass is 35.5. The average molecular weight is 414 g/mol. The summed E-state index contributed by atoms with van der Waals surface area (Å²) in [5.41, 5.74) is -0.561. The summed E-state index contributed by atoms with van der Waals surface area (Å²) >= 11 is 6.29. The summed E-state index contributed by atoms with van der Waals surface area (Å²) < 4.78 is 13.7. The smallest absolute Gasteiger partial charge is 0.271 e. The number of nitrogens with zero attached hydrogens (tertiary/aromatic N) is 2. The molecule has 0 aliphatic heterocycles. The number of aliphatic hydroxyl groups is 1. The highest BCUT2D eigenvalue weighted by Gasteiger charge is 2.43. The van der Waals surface area contributed by atoms with E-state index in [-0.39, 0.29) is 36.5 Å². The molecule has 1 amide bonds. The predicted molar refractivity (Wildman–Crippen MR) is 110 cm³/mol. The molecular weight excluding hydrogens is 393 g/mol. The lowest BCUT2D eigenvalue weighted by atomic mass is 9.76. The number of halogens is 2. The highest BCUT2D eigenvalue weighted by Crippen LogP contribution is 2.41. The molecule has 4 rings (SSSR count). The zero-order valence-corrected chi connectivity index (χ0v) is 16.4. The number of hydrogen-bond donors (Lipinski definition) is 2. The lowest BCUT2D eigenvalue weighted by Gasteiger charge is -2.40. The molecule has 5 nitrogen and oxygen atoms in total. The van der Waals surface area contributed by atoms with Gasteiger partial charge in [-0.1, -0.05) is 41.9 Å². The van der Waals surface area contributed by atoms with Gasteiger partial charge in [-0.2, -0.15) is 0 Å². The molecule has 1 saturated carbocycles. The first kappa shape index (κ1) is 19.7. The fourth-order valence-corrected chi connectivity index (χ4v) is 4.21. The van der Waals surface area contributed by atoms with Crippen LogP contribution in [0.15, 0.2) is 54.9 Å². The van der Waals surface area contributed by atoms with E-state index in [0.29, 0.717) is 10.9 Å². The topological polar surface area (TPSA) is 75.1 Å². The number of rotatable bonds is 4. The Kier molecular flexibility index (Phi) is 5.48. The summed E-state index contributed by atoms with van der Waals surface area (Å²) in [5.74, 6) is -0.428. The summed E-state index contributed by atoms with van der Waals surface area (Å²) in [6.07, 6.45) is 3.06. The predicted octanol–water partition coefficient (Wildman–Crippen LogP) is 4.40. The van der Waals surface area contributed by atoms with Gasteiger partial charge in [0.1, 0.15) is 17.0 Å². The number of carbonyl (C=O) groups is 1. The number of carbonyl (C=O) groups excluding carboxylic acids is 1. The Morgan fingerprint density at radius 2 is 1.90 bits per heavy atom. The lowest BCUT2D eigenvalue weighted by Crippen LogP contribution is -2.48. The Balaban J connectivity index is 1.72. The number of nitrogens with one attached hydrogen (secondary N) is 1. The maximum Gasteiger partial charge on any atom is 0.271 e. The van der Waals surface area contributed by atoms with Crippen LogP contribution in [-0.2, 0) is 0 Å². The minimum atomic E-state index is -1.32. The van der Waals surface area contributed by atoms with Crippen LogP contribution in [0.4, 0.5) is 4.39 Å². The van der Waals surface area contributed by atoms with Crippen molar-refractivity contribution >= 4 is 28.3 Å². The third-order valence-corrected chi connectivity index (χ3v) is 5.90. The van der Waals surface area contributed by atoms with Gasteiger partial charge < -0.3 is 10.4 Å². The molecule has 29 heavy (non-hydrogen) atoms. The van der Waals surface area contributed by atoms with Crippen molar-refractivity contribution in [2.75, 3.05) is 0 Å². The number of amides is 1. The molecule has 1 aliphatic rings. The second-order valence-corrected chi connectivity index (χ2v) is 7.81. The molecule has 0 bridgehead atoms. The van der Waals surface area contributed by atoms with Crippen molar-refractivity contribution in [1.82, 2.24) is 15.3 Å². The Bertz CT molecular complexity index is 1030. The molecule has 1 unspecified atom stereocenters. The SMILES string of the molecule is O=C(NC(c1cccnc1Cl)C1(O)CCC(F)CC1)c1nccc2ccccc12. The molecule has 150 valence electrons. The molecule has 0 saturated heterocycles. The van der Waals surface area contributed by atoms with E-state index in [1.54, 1.807) is 24.5 Å². The molecule has 1 aromatic carbocycles. The van der Waals surface area contributed by atoms with Crippen molar-refractivity contribution < 1.29 is 14.3 Å². The largest absolute Gasteiger partial charge is 0.387 e. The average Bonchev–Trinajstić information content (AvgIpc) is 2.74. The highest BCUT2D eigenvalue weighted by molar-refractivity contribution is 6.30. The van der Waals surface area contributed by atoms with Crippen LogP contribution in [0, 0.1) is 0 Å². The van der Waals surface area contributed by atoms with E-state index in [9.17, 15) is 14.3 Å². The Morgan fingerprint density at radius 1 is 1.14 bits per heavy atom. The molecule has 1 aliphatic carbocycles. The summed E-state index contributed by atoms with van der Waals surface area (Å²) in [6, 6.07) is 11.9. The summed E-state index contributed by atoms with van der Waals surface area (Å²) in [4.78, 5) is 21.5. The number of aromatic nitrogens is 2. The Hall–Kier alpha value is -2.57. The maximum absolute atomic E-state index is 13.7. The van der Waals surface area contributed by atoms with Crippen molar-refractivity contribution in [3.05, 3.63) is 71.3 Å². The van der Waals surface area contributed by atoms with E-state index in [4.69, 9.17) is 11.6 Å². The van der Waals surface area contributed by atoms with Gasteiger partial charge in [0, 0.05) is 23.3 Å². The molecule has 1 atom stereocenters. The molecule has 2 heterocycles. The molecule has 2 N–H and O–H groups in total. The standard InChI is InChI=1S/C22H21ClFN3O2/c23-20-17(6-3-12-26-20)19(22(29)10-7-15(24)8-11-22)27-21(28)18-16-5-2-1-4-14(16)9-13-25-18/h1-6,9,12-13,15,19,29H,7-8,10-11H2,(H,27,28). The van der Waals surface area contributed by atoms with Gasteiger partial charge in [0.05, 0.1) is 11.6 Å². The zero-order chi connectivity index (χ0) is 20.4. The summed E-state index contributed by atoms with van der Waals surface area (Å²) in [5, 5.41) is 16.1. The first-order chi connectivity index (χ1) is 14.0. The number of hydrogen-bond acceptors (Lipinski definition) is 4. The number of alkyl halides is 1. The van der Waals surface area contributed by atoms with Crippen LogP contribution in [0.5, 0.6) is 0 Å². The van der Waals surface area contributed by atoms with Crippen LogP contribution in [0.3, 0.4) is 0 Å². The van der Waals surface area contributed by atoms with Gasteiger partial charge in [-0.3, -0.25) is 9.78 Å². The van der Waals surface area contributed by atoms with Crippen LogP contribution >= 0.6 is 11.6 Å². The van der Waals surface area contributed by atoms with Gasteiger partial charge in [-0.25, -0.2) is 9.37 Å². The minimum absolute atomic E-state index is 0.194. The second kappa shape index (κ2) is 8.05. The van der Waals surface area contributed by atoms with Crippen LogP contribution in [0.2, 0.25) is 5.15 Å². The molecule has 1 fully saturated rings. The van der Waals surface area contributed by atoms with Crippen LogP contribution in [0.25, 0.3) is 10.8 Å². The van der Waals surface area contributed by atoms with Gasteiger partial charge in [-0.05, 0) is 43.2 Å². The number of benzene rings is 1. The second-order valence-electron chi connectivity index (χ2n) is 7.45. The molecule has 3 aromatic rings. The van der Waals surface area contributed by atoms with Crippen LogP contribution in [-0.4, -0.2) is 32.8 Å². The lowest BCUT2D eigenvalue weighted by molar-refractivity contribution is -0.0446. The maximum atomic E-state index is 13.7. The van der Waals surface area contributed by atoms with E-state index >= 15 is 0 Å². The van der Waals surface area contributed by atoms with Gasteiger partial charge in [0.15, 0.2) is 0 Å². The van der Waals surface area contributed by atoms with E-state index in [1.807, 2.05) is 30.3 Å². The third kappa shape index (κ3) is 3.95. The number of fused-ring (bicyclic) bond motifs is 1. The van der Waals surface area contributed by atoms with Crippen molar-refractivity contribution in [2.24, 2.45) is 0 Å². The Labute approximate surface area is 172 Å². The fourth-order valence-electron chi connectivity index (χ4n) is 3.99. The first-order valence-corrected chi connectivity index (χ1v) is 9.97. The van der Waals surface area contributed by atoms with E-state index in [1.165, 1.54) is 0 Å². The summed E-state index contributed by atoms with van der Waals surface area (Å²) in [6.45, 7) is 0. The first-order valence-electron chi connectivity index (χ1n) is 9.59. The molecular formula is C22H21ClFN3O2. The monoisotopic (exact) mass is 413 g/mol. The fraction of sp³-hybridized carbons (Fsp3) is 0.318. The van der Waals surface area contributed by atoms with Gasteiger partial charge in [-0.15, -0.1) is 0 Å². The molecule has 2 aromatic heterocycles. The normalized spacial score (nSPS) is 22.9. The van der Waals surface area contributed by atoms with E-state index in [0.717, 1.165) is 5.39 Å². The van der Waals surface area contributed by atoms with Crippen molar-refractivity contribution in [1.29, 1.82) is 0 Å². The van der Waals surface area contributed by atoms with Crippen LogP contribution < -0.4 is 5.32 Å². The molecule has 0 spiro atoms. The van der Waals surface area contributed by atoms with Crippen molar-refractivity contribution in [3.8, 4) is 0 Å².